The fourth-order valence-corrected chi connectivity index (χ4v) is 1.79. The lowest BCUT2D eigenvalue weighted by molar-refractivity contribution is -0.143. The van der Waals surface area contributed by atoms with Crippen molar-refractivity contribution in [2.24, 2.45) is 5.92 Å². The van der Waals surface area contributed by atoms with Gasteiger partial charge in [0.1, 0.15) is 12.7 Å². The molecule has 1 aliphatic rings. The van der Waals surface area contributed by atoms with Crippen LogP contribution >= 0.6 is 0 Å². The second-order valence-corrected chi connectivity index (χ2v) is 3.27. The highest BCUT2D eigenvalue weighted by Crippen LogP contribution is 2.23. The summed E-state index contributed by atoms with van der Waals surface area (Å²) in [6.45, 7) is 2.40. The van der Waals surface area contributed by atoms with Gasteiger partial charge in [-0.25, -0.2) is 4.39 Å². The quantitative estimate of drug-likeness (QED) is 0.688. The summed E-state index contributed by atoms with van der Waals surface area (Å²) in [5.74, 6) is -0.678. The van der Waals surface area contributed by atoms with Gasteiger partial charge in [-0.3, -0.25) is 9.69 Å². The van der Waals surface area contributed by atoms with E-state index in [0.717, 1.165) is 6.42 Å². The van der Waals surface area contributed by atoms with Crippen molar-refractivity contribution < 1.29 is 14.3 Å². The van der Waals surface area contributed by atoms with Crippen molar-refractivity contribution in [1.29, 1.82) is 0 Å². The average Bonchev–Trinajstić information content (AvgIpc) is 2.32. The third kappa shape index (κ3) is 1.75. The number of halogens is 1. The summed E-state index contributed by atoms with van der Waals surface area (Å²) in [5.41, 5.74) is 0. The molecule has 0 aromatic rings. The van der Waals surface area contributed by atoms with Gasteiger partial charge in [0.05, 0.1) is 0 Å². The molecule has 4 heteroatoms. The predicted molar refractivity (Wildman–Crippen MR) is 42.8 cm³/mol. The molecule has 0 saturated carbocycles. The van der Waals surface area contributed by atoms with Gasteiger partial charge >= 0.3 is 5.97 Å². The molecular formula is C8H14FNO2. The predicted octanol–water partition coefficient (Wildman–Crippen LogP) is 0.751. The minimum atomic E-state index is -0.826. The van der Waals surface area contributed by atoms with Crippen molar-refractivity contribution in [3.8, 4) is 0 Å². The Morgan fingerprint density at radius 1 is 1.75 bits per heavy atom. The third-order valence-electron chi connectivity index (χ3n) is 2.43. The second-order valence-electron chi connectivity index (χ2n) is 3.27. The van der Waals surface area contributed by atoms with Crippen LogP contribution in [0.15, 0.2) is 0 Å². The topological polar surface area (TPSA) is 40.5 Å². The van der Waals surface area contributed by atoms with Gasteiger partial charge in [0, 0.05) is 6.54 Å². The Hall–Kier alpha value is -0.640. The van der Waals surface area contributed by atoms with Crippen molar-refractivity contribution in [3.63, 3.8) is 0 Å². The first kappa shape index (κ1) is 9.45. The summed E-state index contributed by atoms with van der Waals surface area (Å²) in [4.78, 5) is 12.4. The lowest BCUT2D eigenvalue weighted by atomic mass is 10.0. The minimum Gasteiger partial charge on any atom is -0.480 e. The molecule has 3 nitrogen and oxygen atoms in total. The Labute approximate surface area is 71.2 Å². The Bertz CT molecular complexity index is 172. The number of carboxylic acid groups (broad SMARTS) is 1. The van der Waals surface area contributed by atoms with Gasteiger partial charge in [0.25, 0.3) is 0 Å². The van der Waals surface area contributed by atoms with Gasteiger partial charge < -0.3 is 5.11 Å². The van der Waals surface area contributed by atoms with Gasteiger partial charge in [-0.15, -0.1) is 0 Å². The molecule has 1 rings (SSSR count). The molecule has 0 aromatic heterocycles. The lowest BCUT2D eigenvalue weighted by Gasteiger charge is -2.21. The first-order chi connectivity index (χ1) is 5.66. The Balaban J connectivity index is 2.57. The number of likely N-dealkylation sites (tertiary alicyclic amines) is 1. The Kier molecular flexibility index (Phi) is 3.03. The largest absolute Gasteiger partial charge is 0.480 e. The number of hydrogen-bond donors (Lipinski definition) is 1. The summed E-state index contributed by atoms with van der Waals surface area (Å²) < 4.78 is 12.0. The zero-order chi connectivity index (χ0) is 9.14. The van der Waals surface area contributed by atoms with Crippen molar-refractivity contribution in [3.05, 3.63) is 0 Å². The molecule has 2 unspecified atom stereocenters. The van der Waals surface area contributed by atoms with Crippen LogP contribution in [0.25, 0.3) is 0 Å². The fourth-order valence-electron chi connectivity index (χ4n) is 1.79. The maximum atomic E-state index is 12.0. The van der Waals surface area contributed by atoms with Gasteiger partial charge in [0.15, 0.2) is 0 Å². The molecule has 1 saturated heterocycles. The number of alkyl halides is 1. The molecule has 0 aromatic carbocycles. The highest BCUT2D eigenvalue weighted by atomic mass is 19.1. The van der Waals surface area contributed by atoms with Crippen LogP contribution in [0.1, 0.15) is 13.3 Å². The standard InChI is InChI=1S/C8H14FNO2/c1-6-2-4-10(5-3-9)7(6)8(11)12/h6-7H,2-5H2,1H3,(H,11,12). The monoisotopic (exact) mass is 175 g/mol. The zero-order valence-corrected chi connectivity index (χ0v) is 7.16. The molecule has 2 atom stereocenters. The van der Waals surface area contributed by atoms with Gasteiger partial charge in [0.2, 0.25) is 0 Å². The summed E-state index contributed by atoms with van der Waals surface area (Å²) in [5, 5.41) is 8.82. The summed E-state index contributed by atoms with van der Waals surface area (Å²) in [7, 11) is 0. The van der Waals surface area contributed by atoms with Crippen molar-refractivity contribution in [2.75, 3.05) is 19.8 Å². The van der Waals surface area contributed by atoms with Crippen molar-refractivity contribution in [2.45, 2.75) is 19.4 Å². The normalized spacial score (nSPS) is 30.8. The van der Waals surface area contributed by atoms with Crippen LogP contribution in [-0.2, 0) is 4.79 Å². The van der Waals surface area contributed by atoms with Crippen molar-refractivity contribution in [1.82, 2.24) is 4.90 Å². The number of nitrogens with zero attached hydrogens (tertiary/aromatic N) is 1. The Morgan fingerprint density at radius 2 is 2.42 bits per heavy atom. The number of aliphatic carboxylic acids is 1. The van der Waals surface area contributed by atoms with E-state index in [4.69, 9.17) is 5.11 Å². The van der Waals surface area contributed by atoms with Gasteiger partial charge in [-0.05, 0) is 18.9 Å². The second kappa shape index (κ2) is 3.85. The van der Waals surface area contributed by atoms with E-state index in [1.54, 1.807) is 4.90 Å². The number of carboxylic acids is 1. The van der Waals surface area contributed by atoms with Gasteiger partial charge in [-0.2, -0.15) is 0 Å². The van der Waals surface area contributed by atoms with E-state index in [2.05, 4.69) is 0 Å². The summed E-state index contributed by atoms with van der Waals surface area (Å²) >= 11 is 0. The van der Waals surface area contributed by atoms with Crippen LogP contribution < -0.4 is 0 Å². The molecule has 0 spiro atoms. The average molecular weight is 175 g/mol. The summed E-state index contributed by atoms with van der Waals surface area (Å²) in [6.07, 6.45) is 0.858. The lowest BCUT2D eigenvalue weighted by Crippen LogP contribution is -2.39. The van der Waals surface area contributed by atoms with Crippen LogP contribution in [0.2, 0.25) is 0 Å². The van der Waals surface area contributed by atoms with E-state index in [1.165, 1.54) is 0 Å². The smallest absolute Gasteiger partial charge is 0.321 e. The van der Waals surface area contributed by atoms with E-state index >= 15 is 0 Å². The van der Waals surface area contributed by atoms with E-state index in [9.17, 15) is 9.18 Å². The minimum absolute atomic E-state index is 0.147. The van der Waals surface area contributed by atoms with Crippen molar-refractivity contribution >= 4 is 5.97 Å². The highest BCUT2D eigenvalue weighted by molar-refractivity contribution is 5.74. The van der Waals surface area contributed by atoms with Gasteiger partial charge in [-0.1, -0.05) is 6.92 Å². The maximum absolute atomic E-state index is 12.0. The van der Waals surface area contributed by atoms with E-state index < -0.39 is 18.7 Å². The van der Waals surface area contributed by atoms with Crippen LogP contribution in [0.4, 0.5) is 4.39 Å². The molecule has 1 aliphatic heterocycles. The summed E-state index contributed by atoms with van der Waals surface area (Å²) in [6, 6.07) is -0.472. The third-order valence-corrected chi connectivity index (χ3v) is 2.43. The molecular weight excluding hydrogens is 161 g/mol. The molecule has 1 fully saturated rings. The molecule has 0 amide bonds. The Morgan fingerprint density at radius 3 is 2.92 bits per heavy atom. The SMILES string of the molecule is CC1CCN(CCF)C1C(=O)O. The van der Waals surface area contributed by atoms with E-state index in [0.29, 0.717) is 6.54 Å². The van der Waals surface area contributed by atoms with Crippen LogP contribution in [0.5, 0.6) is 0 Å². The molecule has 1 heterocycles. The molecule has 70 valence electrons. The van der Waals surface area contributed by atoms with Crippen LogP contribution in [-0.4, -0.2) is 41.8 Å². The number of carbonyl (C=O) groups is 1. The molecule has 0 bridgehead atoms. The van der Waals surface area contributed by atoms with Crippen LogP contribution in [0.3, 0.4) is 0 Å². The van der Waals surface area contributed by atoms with E-state index in [1.807, 2.05) is 6.92 Å². The fraction of sp³-hybridized carbons (Fsp3) is 0.875. The first-order valence-corrected chi connectivity index (χ1v) is 4.19. The molecule has 12 heavy (non-hydrogen) atoms. The van der Waals surface area contributed by atoms with Crippen LogP contribution in [0, 0.1) is 5.92 Å². The van der Waals surface area contributed by atoms with E-state index in [-0.39, 0.29) is 12.5 Å². The zero-order valence-electron chi connectivity index (χ0n) is 7.16. The number of hydrogen-bond acceptors (Lipinski definition) is 2. The highest BCUT2D eigenvalue weighted by Gasteiger charge is 2.35. The molecule has 0 radical (unpaired) electrons. The number of rotatable bonds is 3. The molecule has 0 aliphatic carbocycles. The maximum Gasteiger partial charge on any atom is 0.321 e. The first-order valence-electron chi connectivity index (χ1n) is 4.19. The molecule has 1 N–H and O–H groups in total.